The van der Waals surface area contributed by atoms with Crippen molar-refractivity contribution < 1.29 is 23.9 Å². The summed E-state index contributed by atoms with van der Waals surface area (Å²) in [5.41, 5.74) is -0.729. The lowest BCUT2D eigenvalue weighted by Gasteiger charge is -2.51. The van der Waals surface area contributed by atoms with Gasteiger partial charge in [0.15, 0.2) is 12.6 Å². The Balaban J connectivity index is 1.27. The van der Waals surface area contributed by atoms with Crippen molar-refractivity contribution in [3.8, 4) is 0 Å². The summed E-state index contributed by atoms with van der Waals surface area (Å²) in [5.74, 6) is -0.335. The number of ether oxygens (including phenoxy) is 1. The third-order valence-corrected chi connectivity index (χ3v) is 9.12. The zero-order chi connectivity index (χ0) is 23.6. The van der Waals surface area contributed by atoms with Crippen molar-refractivity contribution in [2.75, 3.05) is 26.2 Å². The number of piperidine rings is 3. The van der Waals surface area contributed by atoms with Crippen LogP contribution >= 0.6 is 22.7 Å². The van der Waals surface area contributed by atoms with Gasteiger partial charge in [-0.3, -0.25) is 4.79 Å². The number of nitrogens with one attached hydrogen (secondary N) is 1. The fraction of sp³-hybridized carbons (Fsp3) is 0.385. The van der Waals surface area contributed by atoms with Crippen LogP contribution in [0.3, 0.4) is 0 Å². The second kappa shape index (κ2) is 9.62. The second-order valence-corrected chi connectivity index (χ2v) is 11.2. The molecule has 3 aliphatic heterocycles. The summed E-state index contributed by atoms with van der Waals surface area (Å²) in [4.78, 5) is 27.4. The van der Waals surface area contributed by atoms with E-state index in [0.29, 0.717) is 33.9 Å². The predicted molar refractivity (Wildman–Crippen MR) is 132 cm³/mol. The molecule has 0 aliphatic carbocycles. The number of hydrogen-bond donors (Lipinski definition) is 2. The first-order valence-electron chi connectivity index (χ1n) is 11.7. The normalized spacial score (nSPS) is 24.0. The van der Waals surface area contributed by atoms with Crippen LogP contribution in [0, 0.1) is 5.92 Å². The summed E-state index contributed by atoms with van der Waals surface area (Å²) in [6.07, 6.45) is 1.53. The number of amides is 1. The number of thiophene rings is 2. The number of benzene rings is 1. The van der Waals surface area contributed by atoms with E-state index in [2.05, 4.69) is 5.32 Å². The molecule has 0 radical (unpaired) electrons. The van der Waals surface area contributed by atoms with Gasteiger partial charge < -0.3 is 19.6 Å². The molecule has 34 heavy (non-hydrogen) atoms. The van der Waals surface area contributed by atoms with E-state index in [4.69, 9.17) is 4.74 Å². The summed E-state index contributed by atoms with van der Waals surface area (Å²) in [5, 5.41) is 18.3. The number of fused-ring (bicyclic) bond motifs is 3. The molecule has 6 rings (SSSR count). The van der Waals surface area contributed by atoms with E-state index in [9.17, 15) is 14.7 Å². The SMILES string of the molecule is O=C(C[N+]12CCC(CC1)C(OC(=O)C(O)(c1cccs1)c1cccs1)C2)NCc1ccccc1. The smallest absolute Gasteiger partial charge is 0.349 e. The van der Waals surface area contributed by atoms with Gasteiger partial charge in [0.2, 0.25) is 5.60 Å². The maximum absolute atomic E-state index is 13.4. The summed E-state index contributed by atoms with van der Waals surface area (Å²) in [7, 11) is 0. The molecular formula is C26H29N2O4S2+. The van der Waals surface area contributed by atoms with Gasteiger partial charge in [0.05, 0.1) is 22.8 Å². The average molecular weight is 498 g/mol. The van der Waals surface area contributed by atoms with Gasteiger partial charge in [0, 0.05) is 25.3 Å². The fourth-order valence-corrected chi connectivity index (χ4v) is 6.96. The Hall–Kier alpha value is -2.52. The molecule has 0 saturated carbocycles. The topological polar surface area (TPSA) is 75.6 Å². The largest absolute Gasteiger partial charge is 0.453 e. The monoisotopic (exact) mass is 497 g/mol. The number of nitrogens with zero attached hydrogens (tertiary/aromatic N) is 1. The summed E-state index contributed by atoms with van der Waals surface area (Å²) in [6.45, 7) is 3.33. The minimum absolute atomic E-state index is 0.0166. The summed E-state index contributed by atoms with van der Waals surface area (Å²) in [6, 6.07) is 17.1. The van der Waals surface area contributed by atoms with Crippen LogP contribution in [0.4, 0.5) is 0 Å². The zero-order valence-electron chi connectivity index (χ0n) is 18.9. The van der Waals surface area contributed by atoms with Gasteiger partial charge in [-0.15, -0.1) is 22.7 Å². The Morgan fingerprint density at radius 2 is 1.65 bits per heavy atom. The van der Waals surface area contributed by atoms with Crippen molar-refractivity contribution in [1.82, 2.24) is 5.32 Å². The van der Waals surface area contributed by atoms with Crippen LogP contribution in [0.2, 0.25) is 0 Å². The molecule has 1 atom stereocenters. The predicted octanol–water partition coefficient (Wildman–Crippen LogP) is 3.51. The molecule has 3 fully saturated rings. The van der Waals surface area contributed by atoms with Crippen molar-refractivity contribution in [3.05, 3.63) is 80.7 Å². The van der Waals surface area contributed by atoms with Crippen molar-refractivity contribution in [3.63, 3.8) is 0 Å². The fourth-order valence-electron chi connectivity index (χ4n) is 5.25. The minimum Gasteiger partial charge on any atom is -0.453 e. The lowest BCUT2D eigenvalue weighted by atomic mass is 9.83. The van der Waals surface area contributed by atoms with Crippen molar-refractivity contribution in [2.24, 2.45) is 5.92 Å². The molecule has 2 bridgehead atoms. The van der Waals surface area contributed by atoms with Crippen LogP contribution in [-0.4, -0.2) is 53.7 Å². The summed E-state index contributed by atoms with van der Waals surface area (Å²) >= 11 is 2.69. The van der Waals surface area contributed by atoms with Crippen molar-refractivity contribution >= 4 is 34.6 Å². The van der Waals surface area contributed by atoms with Gasteiger partial charge in [-0.1, -0.05) is 42.5 Å². The molecule has 178 valence electrons. The maximum atomic E-state index is 13.4. The quantitative estimate of drug-likeness (QED) is 0.369. The highest BCUT2D eigenvalue weighted by molar-refractivity contribution is 7.12. The average Bonchev–Trinajstić information content (AvgIpc) is 3.59. The molecule has 3 saturated heterocycles. The lowest BCUT2D eigenvalue weighted by Crippen LogP contribution is -2.66. The Labute approximate surface area is 207 Å². The van der Waals surface area contributed by atoms with Crippen molar-refractivity contribution in [1.29, 1.82) is 0 Å². The molecule has 1 aromatic carbocycles. The van der Waals surface area contributed by atoms with Gasteiger partial charge in [-0.05, 0) is 28.5 Å². The first-order chi connectivity index (χ1) is 16.5. The molecule has 2 N–H and O–H groups in total. The third-order valence-electron chi connectivity index (χ3n) is 7.16. The molecule has 6 nitrogen and oxygen atoms in total. The van der Waals surface area contributed by atoms with Gasteiger partial charge in [-0.25, -0.2) is 4.79 Å². The van der Waals surface area contributed by atoms with Crippen LogP contribution in [0.1, 0.15) is 28.2 Å². The van der Waals surface area contributed by atoms with E-state index in [1.165, 1.54) is 22.7 Å². The highest BCUT2D eigenvalue weighted by Gasteiger charge is 2.51. The van der Waals surface area contributed by atoms with Crippen LogP contribution < -0.4 is 5.32 Å². The number of rotatable bonds is 8. The van der Waals surface area contributed by atoms with E-state index >= 15 is 0 Å². The highest BCUT2D eigenvalue weighted by atomic mass is 32.1. The molecule has 0 spiro atoms. The van der Waals surface area contributed by atoms with Gasteiger partial charge in [0.1, 0.15) is 6.54 Å². The number of aliphatic hydroxyl groups is 1. The van der Waals surface area contributed by atoms with E-state index in [1.807, 2.05) is 53.2 Å². The molecular weight excluding hydrogens is 468 g/mol. The lowest BCUT2D eigenvalue weighted by molar-refractivity contribution is -0.939. The van der Waals surface area contributed by atoms with E-state index in [0.717, 1.165) is 31.5 Å². The van der Waals surface area contributed by atoms with Gasteiger partial charge in [0.25, 0.3) is 5.91 Å². The van der Waals surface area contributed by atoms with E-state index in [1.54, 1.807) is 12.1 Å². The van der Waals surface area contributed by atoms with Crippen molar-refractivity contribution in [2.45, 2.75) is 31.1 Å². The van der Waals surface area contributed by atoms with E-state index < -0.39 is 11.6 Å². The maximum Gasteiger partial charge on any atom is 0.349 e. The zero-order valence-corrected chi connectivity index (χ0v) is 20.5. The molecule has 3 aliphatic rings. The number of carbonyl (C=O) groups is 2. The highest BCUT2D eigenvalue weighted by Crippen LogP contribution is 2.40. The molecule has 2 aromatic heterocycles. The number of esters is 1. The number of quaternary nitrogens is 1. The van der Waals surface area contributed by atoms with Gasteiger partial charge >= 0.3 is 5.97 Å². The Morgan fingerprint density at radius 1 is 1.00 bits per heavy atom. The second-order valence-electron chi connectivity index (χ2n) is 9.34. The molecule has 3 aromatic rings. The molecule has 1 amide bonds. The standard InChI is InChI=1S/C26H28N2O4S2/c29-24(27-16-19-6-2-1-3-7-19)18-28-12-10-20(11-13-28)21(17-28)32-25(30)26(31,22-8-4-14-33-22)23-9-5-15-34-23/h1-9,14-15,20-21,31H,10-13,16-18H2/p+1. The number of carbonyl (C=O) groups excluding carboxylic acids is 2. The Morgan fingerprint density at radius 3 is 2.24 bits per heavy atom. The molecule has 1 unspecified atom stereocenters. The first-order valence-corrected chi connectivity index (χ1v) is 13.4. The van der Waals surface area contributed by atoms with Crippen LogP contribution in [0.5, 0.6) is 0 Å². The Bertz CT molecular complexity index is 1070. The Kier molecular flexibility index (Phi) is 6.57. The van der Waals surface area contributed by atoms with Gasteiger partial charge in [-0.2, -0.15) is 0 Å². The number of hydrogen-bond acceptors (Lipinski definition) is 6. The third kappa shape index (κ3) is 4.55. The minimum atomic E-state index is -1.80. The van der Waals surface area contributed by atoms with Crippen LogP contribution in [0.15, 0.2) is 65.4 Å². The molecule has 8 heteroatoms. The van der Waals surface area contributed by atoms with Crippen LogP contribution in [-0.2, 0) is 26.5 Å². The first kappa shape index (κ1) is 23.2. The van der Waals surface area contributed by atoms with E-state index in [-0.39, 0.29) is 17.9 Å². The molecule has 5 heterocycles. The summed E-state index contributed by atoms with van der Waals surface area (Å²) < 4.78 is 6.68. The van der Waals surface area contributed by atoms with Crippen LogP contribution in [0.25, 0.3) is 0 Å².